The Balaban J connectivity index is 1.68. The molecule has 0 aliphatic heterocycles. The molecule has 0 radical (unpaired) electrons. The van der Waals surface area contributed by atoms with E-state index in [1.165, 1.54) is 29.2 Å². The van der Waals surface area contributed by atoms with Gasteiger partial charge in [0, 0.05) is 12.6 Å². The fourth-order valence-corrected chi connectivity index (χ4v) is 6.32. The molecule has 0 saturated heterocycles. The topological polar surface area (TPSA) is 86.8 Å². The van der Waals surface area contributed by atoms with Crippen LogP contribution in [-0.2, 0) is 26.2 Å². The van der Waals surface area contributed by atoms with Gasteiger partial charge in [-0.2, -0.15) is 0 Å². The molecule has 40 heavy (non-hydrogen) atoms. The monoisotopic (exact) mass is 565 g/mol. The van der Waals surface area contributed by atoms with Crippen LogP contribution in [0, 0.1) is 19.7 Å². The minimum Gasteiger partial charge on any atom is -0.352 e. The summed E-state index contributed by atoms with van der Waals surface area (Å²) in [5, 5.41) is 3.04. The third-order valence-corrected chi connectivity index (χ3v) is 9.10. The van der Waals surface area contributed by atoms with Crippen LogP contribution in [-0.4, -0.2) is 43.8 Å². The highest BCUT2D eigenvalue weighted by atomic mass is 32.2. The quantitative estimate of drug-likeness (QED) is 0.370. The number of carbonyl (C=O) groups is 2. The Morgan fingerprint density at radius 2 is 1.60 bits per heavy atom. The highest BCUT2D eigenvalue weighted by Crippen LogP contribution is 2.26. The van der Waals surface area contributed by atoms with Gasteiger partial charge in [-0.3, -0.25) is 13.9 Å². The summed E-state index contributed by atoms with van der Waals surface area (Å²) >= 11 is 0. The van der Waals surface area contributed by atoms with Crippen LogP contribution < -0.4 is 9.62 Å². The molecule has 3 aromatic rings. The molecule has 3 aromatic carbocycles. The molecule has 0 aromatic heterocycles. The van der Waals surface area contributed by atoms with Gasteiger partial charge in [-0.05, 0) is 81.1 Å². The molecule has 1 saturated carbocycles. The van der Waals surface area contributed by atoms with Crippen molar-refractivity contribution in [2.75, 3.05) is 10.8 Å². The van der Waals surface area contributed by atoms with E-state index in [1.807, 2.05) is 19.9 Å². The molecule has 1 atom stereocenters. The van der Waals surface area contributed by atoms with Crippen molar-refractivity contribution in [1.82, 2.24) is 10.2 Å². The van der Waals surface area contributed by atoms with Crippen molar-refractivity contribution in [2.45, 2.75) is 70.0 Å². The lowest BCUT2D eigenvalue weighted by Crippen LogP contribution is -2.52. The van der Waals surface area contributed by atoms with Gasteiger partial charge in [-0.15, -0.1) is 0 Å². The number of hydrogen-bond acceptors (Lipinski definition) is 4. The number of sulfonamides is 1. The first-order chi connectivity index (χ1) is 19.0. The van der Waals surface area contributed by atoms with E-state index in [0.717, 1.165) is 41.1 Å². The van der Waals surface area contributed by atoms with E-state index < -0.39 is 34.3 Å². The summed E-state index contributed by atoms with van der Waals surface area (Å²) in [6.45, 7) is 4.85. The first-order valence-corrected chi connectivity index (χ1v) is 15.0. The average molecular weight is 566 g/mol. The predicted molar refractivity (Wildman–Crippen MR) is 154 cm³/mol. The van der Waals surface area contributed by atoms with E-state index in [4.69, 9.17) is 0 Å². The molecule has 0 bridgehead atoms. The van der Waals surface area contributed by atoms with Gasteiger partial charge in [0.2, 0.25) is 11.8 Å². The second kappa shape index (κ2) is 12.6. The van der Waals surface area contributed by atoms with Crippen molar-refractivity contribution in [2.24, 2.45) is 0 Å². The van der Waals surface area contributed by atoms with E-state index in [-0.39, 0.29) is 23.4 Å². The van der Waals surface area contributed by atoms with Crippen molar-refractivity contribution in [3.05, 3.63) is 95.3 Å². The van der Waals surface area contributed by atoms with Gasteiger partial charge in [0.25, 0.3) is 10.0 Å². The average Bonchev–Trinajstić information content (AvgIpc) is 3.44. The number of nitrogens with zero attached hydrogens (tertiary/aromatic N) is 2. The normalized spacial score (nSPS) is 14.5. The van der Waals surface area contributed by atoms with E-state index in [0.29, 0.717) is 11.3 Å². The van der Waals surface area contributed by atoms with Crippen LogP contribution in [0.1, 0.15) is 49.3 Å². The predicted octanol–water partition coefficient (Wildman–Crippen LogP) is 5.11. The third kappa shape index (κ3) is 7.07. The zero-order valence-electron chi connectivity index (χ0n) is 23.1. The number of rotatable bonds is 10. The van der Waals surface area contributed by atoms with Gasteiger partial charge in [0.15, 0.2) is 0 Å². The van der Waals surface area contributed by atoms with E-state index in [1.54, 1.807) is 49.4 Å². The molecule has 212 valence electrons. The van der Waals surface area contributed by atoms with Crippen LogP contribution in [0.15, 0.2) is 77.7 Å². The fraction of sp³-hybridized carbons (Fsp3) is 0.355. The highest BCUT2D eigenvalue weighted by molar-refractivity contribution is 7.92. The van der Waals surface area contributed by atoms with Crippen LogP contribution in [0.4, 0.5) is 10.1 Å². The standard InChI is InChI=1S/C31H36FN3O4S/c1-22-11-17-29(18-12-22)40(38,39)35(28-10-6-7-23(2)19-28)21-30(36)34(20-25-13-15-26(32)16-14-25)24(3)31(37)33-27-8-4-5-9-27/h6-7,10-19,24,27H,4-5,8-9,20-21H2,1-3H3,(H,33,37). The van der Waals surface area contributed by atoms with Crippen molar-refractivity contribution in [3.63, 3.8) is 0 Å². The van der Waals surface area contributed by atoms with Gasteiger partial charge in [0.05, 0.1) is 10.6 Å². The summed E-state index contributed by atoms with van der Waals surface area (Å²) in [7, 11) is -4.12. The number of halogens is 1. The molecule has 1 N–H and O–H groups in total. The van der Waals surface area contributed by atoms with Crippen molar-refractivity contribution < 1.29 is 22.4 Å². The molecule has 0 spiro atoms. The summed E-state index contributed by atoms with van der Waals surface area (Å²) in [5.41, 5.74) is 2.71. The largest absolute Gasteiger partial charge is 0.352 e. The number of hydrogen-bond donors (Lipinski definition) is 1. The maximum absolute atomic E-state index is 14.0. The van der Waals surface area contributed by atoms with E-state index in [9.17, 15) is 22.4 Å². The Morgan fingerprint density at radius 1 is 0.950 bits per heavy atom. The van der Waals surface area contributed by atoms with Gasteiger partial charge in [0.1, 0.15) is 18.4 Å². The molecule has 1 aliphatic carbocycles. The molecule has 2 amide bonds. The van der Waals surface area contributed by atoms with Gasteiger partial charge >= 0.3 is 0 Å². The molecule has 4 rings (SSSR count). The molecule has 1 fully saturated rings. The molecule has 1 unspecified atom stereocenters. The number of anilines is 1. The summed E-state index contributed by atoms with van der Waals surface area (Å²) in [4.78, 5) is 28.6. The van der Waals surface area contributed by atoms with Crippen molar-refractivity contribution >= 4 is 27.5 Å². The Morgan fingerprint density at radius 3 is 2.23 bits per heavy atom. The number of nitrogens with one attached hydrogen (secondary N) is 1. The molecule has 9 heteroatoms. The lowest BCUT2D eigenvalue weighted by molar-refractivity contribution is -0.139. The first kappa shape index (κ1) is 29.3. The zero-order chi connectivity index (χ0) is 28.9. The number of amides is 2. The Labute approximate surface area is 236 Å². The van der Waals surface area contributed by atoms with Crippen LogP contribution in [0.2, 0.25) is 0 Å². The number of aryl methyl sites for hydroxylation is 2. The lowest BCUT2D eigenvalue weighted by atomic mass is 10.1. The Kier molecular flexibility index (Phi) is 9.25. The van der Waals surface area contributed by atoms with Crippen LogP contribution in [0.3, 0.4) is 0 Å². The highest BCUT2D eigenvalue weighted by Gasteiger charge is 2.33. The second-order valence-corrected chi connectivity index (χ2v) is 12.3. The molecular formula is C31H36FN3O4S. The first-order valence-electron chi connectivity index (χ1n) is 13.5. The van der Waals surface area contributed by atoms with Gasteiger partial charge < -0.3 is 10.2 Å². The smallest absolute Gasteiger partial charge is 0.264 e. The summed E-state index contributed by atoms with van der Waals surface area (Å²) < 4.78 is 42.4. The SMILES string of the molecule is Cc1ccc(S(=O)(=O)N(CC(=O)N(Cc2ccc(F)cc2)C(C)C(=O)NC2CCCC2)c2cccc(C)c2)cc1. The molecule has 0 heterocycles. The summed E-state index contributed by atoms with van der Waals surface area (Å²) in [6, 6.07) is 18.3. The van der Waals surface area contributed by atoms with Crippen LogP contribution in [0.5, 0.6) is 0 Å². The third-order valence-electron chi connectivity index (χ3n) is 7.31. The summed E-state index contributed by atoms with van der Waals surface area (Å²) in [5.74, 6) is -1.26. The molecule has 7 nitrogen and oxygen atoms in total. The van der Waals surface area contributed by atoms with Gasteiger partial charge in [-0.1, -0.05) is 54.8 Å². The zero-order valence-corrected chi connectivity index (χ0v) is 24.0. The lowest BCUT2D eigenvalue weighted by Gasteiger charge is -2.32. The minimum absolute atomic E-state index is 0.0185. The number of benzene rings is 3. The van der Waals surface area contributed by atoms with E-state index in [2.05, 4.69) is 5.32 Å². The fourth-order valence-electron chi connectivity index (χ4n) is 4.91. The maximum atomic E-state index is 14.0. The Hall–Kier alpha value is -3.72. The van der Waals surface area contributed by atoms with Crippen molar-refractivity contribution in [1.29, 1.82) is 0 Å². The maximum Gasteiger partial charge on any atom is 0.264 e. The summed E-state index contributed by atoms with van der Waals surface area (Å²) in [6.07, 6.45) is 3.86. The Bertz CT molecular complexity index is 1440. The van der Waals surface area contributed by atoms with Gasteiger partial charge in [-0.25, -0.2) is 12.8 Å². The van der Waals surface area contributed by atoms with Crippen molar-refractivity contribution in [3.8, 4) is 0 Å². The second-order valence-electron chi connectivity index (χ2n) is 10.5. The minimum atomic E-state index is -4.12. The molecular weight excluding hydrogens is 529 g/mol. The number of carbonyl (C=O) groups excluding carboxylic acids is 2. The van der Waals surface area contributed by atoms with Crippen LogP contribution >= 0.6 is 0 Å². The van der Waals surface area contributed by atoms with E-state index >= 15 is 0 Å². The van der Waals surface area contributed by atoms with Crippen LogP contribution in [0.25, 0.3) is 0 Å². The molecule has 1 aliphatic rings.